The van der Waals surface area contributed by atoms with Crippen molar-refractivity contribution in [3.8, 4) is 0 Å². The third-order valence-electron chi connectivity index (χ3n) is 4.20. The van der Waals surface area contributed by atoms with Crippen molar-refractivity contribution < 1.29 is 14.6 Å². The number of carbonyl (C=O) groups excluding carboxylic acids is 1. The molecule has 0 radical (unpaired) electrons. The number of amides is 1. The highest BCUT2D eigenvalue weighted by Crippen LogP contribution is 2.15. The molecule has 2 rings (SSSR count). The van der Waals surface area contributed by atoms with Gasteiger partial charge in [0, 0.05) is 19.1 Å². The lowest BCUT2D eigenvalue weighted by molar-refractivity contribution is 0.0198. The topological polar surface area (TPSA) is 61.8 Å². The number of rotatable bonds is 5. The summed E-state index contributed by atoms with van der Waals surface area (Å²) >= 11 is 0. The molecule has 5 heteroatoms. The second-order valence-corrected chi connectivity index (χ2v) is 7.42. The van der Waals surface area contributed by atoms with E-state index >= 15 is 0 Å². The van der Waals surface area contributed by atoms with Gasteiger partial charge in [-0.25, -0.2) is 4.79 Å². The Morgan fingerprint density at radius 3 is 2.33 bits per heavy atom. The van der Waals surface area contributed by atoms with Crippen molar-refractivity contribution in [3.05, 3.63) is 35.4 Å². The van der Waals surface area contributed by atoms with Crippen molar-refractivity contribution in [2.24, 2.45) is 0 Å². The van der Waals surface area contributed by atoms with Crippen molar-refractivity contribution in [2.75, 3.05) is 19.6 Å². The fourth-order valence-electron chi connectivity index (χ4n) is 2.82. The first-order valence-corrected chi connectivity index (χ1v) is 8.77. The van der Waals surface area contributed by atoms with Gasteiger partial charge in [-0.05, 0) is 57.7 Å². The van der Waals surface area contributed by atoms with Crippen LogP contribution in [0.4, 0.5) is 4.79 Å². The molecule has 2 N–H and O–H groups in total. The Kier molecular flexibility index (Phi) is 6.63. The van der Waals surface area contributed by atoms with Gasteiger partial charge < -0.3 is 20.1 Å². The summed E-state index contributed by atoms with van der Waals surface area (Å²) in [7, 11) is 0. The number of aliphatic hydroxyl groups is 1. The minimum atomic E-state index is -0.433. The van der Waals surface area contributed by atoms with Gasteiger partial charge in [0.1, 0.15) is 5.60 Å². The molecule has 0 spiro atoms. The summed E-state index contributed by atoms with van der Waals surface area (Å²) in [6.07, 6.45) is 2.69. The number of aliphatic hydroxyl groups excluding tert-OH is 1. The van der Waals surface area contributed by atoms with Crippen LogP contribution in [-0.2, 0) is 17.8 Å². The van der Waals surface area contributed by atoms with Gasteiger partial charge in [0.15, 0.2) is 0 Å². The number of nitrogens with one attached hydrogen (secondary N) is 1. The van der Waals surface area contributed by atoms with E-state index in [1.165, 1.54) is 5.56 Å². The predicted molar refractivity (Wildman–Crippen MR) is 94.9 cm³/mol. The summed E-state index contributed by atoms with van der Waals surface area (Å²) < 4.78 is 5.42. The summed E-state index contributed by atoms with van der Waals surface area (Å²) in [5.41, 5.74) is 1.78. The first-order valence-electron chi connectivity index (χ1n) is 8.77. The van der Waals surface area contributed by atoms with Gasteiger partial charge in [-0.3, -0.25) is 0 Å². The second kappa shape index (κ2) is 8.49. The van der Waals surface area contributed by atoms with Crippen molar-refractivity contribution in [3.63, 3.8) is 0 Å². The minimum Gasteiger partial charge on any atom is -0.444 e. The molecule has 5 nitrogen and oxygen atoms in total. The minimum absolute atomic E-state index is 0.0920. The maximum absolute atomic E-state index is 12.0. The van der Waals surface area contributed by atoms with Gasteiger partial charge in [0.05, 0.1) is 6.61 Å². The van der Waals surface area contributed by atoms with E-state index in [0.29, 0.717) is 6.04 Å². The van der Waals surface area contributed by atoms with E-state index < -0.39 is 5.60 Å². The van der Waals surface area contributed by atoms with Gasteiger partial charge in [-0.15, -0.1) is 0 Å². The van der Waals surface area contributed by atoms with E-state index in [1.807, 2.05) is 32.9 Å². The van der Waals surface area contributed by atoms with Crippen molar-refractivity contribution in [1.29, 1.82) is 0 Å². The molecular weight excluding hydrogens is 304 g/mol. The maximum atomic E-state index is 12.0. The number of hydrogen-bond acceptors (Lipinski definition) is 4. The number of ether oxygens (including phenoxy) is 1. The highest BCUT2D eigenvalue weighted by molar-refractivity contribution is 5.68. The lowest BCUT2D eigenvalue weighted by Crippen LogP contribution is -2.46. The van der Waals surface area contributed by atoms with Crippen LogP contribution in [0.1, 0.15) is 44.7 Å². The van der Waals surface area contributed by atoms with Crippen LogP contribution < -0.4 is 5.32 Å². The van der Waals surface area contributed by atoms with E-state index in [4.69, 9.17) is 9.84 Å². The summed E-state index contributed by atoms with van der Waals surface area (Å²) in [6.45, 7) is 8.20. The van der Waals surface area contributed by atoms with Crippen molar-refractivity contribution >= 4 is 6.09 Å². The summed E-state index contributed by atoms with van der Waals surface area (Å²) in [6, 6.07) is 8.53. The van der Waals surface area contributed by atoms with Crippen LogP contribution in [-0.4, -0.2) is 47.4 Å². The Balaban J connectivity index is 1.66. The molecule has 0 unspecified atom stereocenters. The van der Waals surface area contributed by atoms with E-state index in [2.05, 4.69) is 17.4 Å². The molecule has 0 bridgehead atoms. The zero-order valence-corrected chi connectivity index (χ0v) is 15.0. The van der Waals surface area contributed by atoms with E-state index in [1.54, 1.807) is 4.90 Å². The smallest absolute Gasteiger partial charge is 0.410 e. The van der Waals surface area contributed by atoms with Gasteiger partial charge >= 0.3 is 6.09 Å². The maximum Gasteiger partial charge on any atom is 0.410 e. The third kappa shape index (κ3) is 6.13. The molecule has 24 heavy (non-hydrogen) atoms. The summed E-state index contributed by atoms with van der Waals surface area (Å²) in [5.74, 6) is 0. The number of carbonyl (C=O) groups is 1. The number of likely N-dealkylation sites (tertiary alicyclic amines) is 1. The second-order valence-electron chi connectivity index (χ2n) is 7.42. The highest BCUT2D eigenvalue weighted by Gasteiger charge is 2.26. The van der Waals surface area contributed by atoms with Crippen LogP contribution in [0.2, 0.25) is 0 Å². The molecule has 0 aliphatic carbocycles. The number of benzene rings is 1. The van der Waals surface area contributed by atoms with Crippen LogP contribution in [0.15, 0.2) is 24.3 Å². The van der Waals surface area contributed by atoms with Gasteiger partial charge in [0.25, 0.3) is 0 Å². The largest absolute Gasteiger partial charge is 0.444 e. The quantitative estimate of drug-likeness (QED) is 0.869. The van der Waals surface area contributed by atoms with Crippen LogP contribution >= 0.6 is 0 Å². The molecule has 1 amide bonds. The molecule has 0 atom stereocenters. The molecule has 1 aromatic rings. The van der Waals surface area contributed by atoms with Crippen LogP contribution in [0, 0.1) is 0 Å². The molecule has 1 aliphatic rings. The van der Waals surface area contributed by atoms with Gasteiger partial charge in [0.2, 0.25) is 0 Å². The zero-order chi connectivity index (χ0) is 17.6. The first kappa shape index (κ1) is 18.7. The lowest BCUT2D eigenvalue weighted by atomic mass is 10.0. The van der Waals surface area contributed by atoms with Crippen molar-refractivity contribution in [1.82, 2.24) is 10.2 Å². The normalized spacial score (nSPS) is 16.2. The fourth-order valence-corrected chi connectivity index (χ4v) is 2.82. The fraction of sp³-hybridized carbons (Fsp3) is 0.632. The Hall–Kier alpha value is -1.59. The summed E-state index contributed by atoms with van der Waals surface area (Å²) in [5, 5.41) is 12.6. The monoisotopic (exact) mass is 334 g/mol. The Labute approximate surface area is 145 Å². The molecule has 1 aromatic carbocycles. The summed E-state index contributed by atoms with van der Waals surface area (Å²) in [4.78, 5) is 13.8. The molecule has 0 aromatic heterocycles. The number of hydrogen-bond donors (Lipinski definition) is 2. The Bertz CT molecular complexity index is 514. The Morgan fingerprint density at radius 2 is 1.79 bits per heavy atom. The average Bonchev–Trinajstić information content (AvgIpc) is 2.54. The molecule has 1 aliphatic heterocycles. The van der Waals surface area contributed by atoms with Crippen molar-refractivity contribution in [2.45, 2.75) is 58.3 Å². The van der Waals surface area contributed by atoms with E-state index in [-0.39, 0.29) is 12.7 Å². The van der Waals surface area contributed by atoms with Crippen LogP contribution in [0.3, 0.4) is 0 Å². The Morgan fingerprint density at radius 1 is 1.21 bits per heavy atom. The number of nitrogens with zero attached hydrogens (tertiary/aromatic N) is 1. The van der Waals surface area contributed by atoms with E-state index in [0.717, 1.165) is 44.5 Å². The van der Waals surface area contributed by atoms with Crippen LogP contribution in [0.25, 0.3) is 0 Å². The molecular formula is C19H30N2O3. The van der Waals surface area contributed by atoms with Gasteiger partial charge in [-0.2, -0.15) is 0 Å². The lowest BCUT2D eigenvalue weighted by Gasteiger charge is -2.33. The standard InChI is InChI=1S/C19H30N2O3/c1-19(2,3)24-18(23)21-12-9-17(10-13-21)20-11-8-15-4-6-16(14-22)7-5-15/h4-7,17,20,22H,8-14H2,1-3H3. The molecule has 1 heterocycles. The predicted octanol–water partition coefficient (Wildman–Crippen LogP) is 2.71. The van der Waals surface area contributed by atoms with Crippen LogP contribution in [0.5, 0.6) is 0 Å². The molecule has 134 valence electrons. The number of piperidine rings is 1. The zero-order valence-electron chi connectivity index (χ0n) is 15.0. The average molecular weight is 334 g/mol. The molecule has 1 saturated heterocycles. The third-order valence-corrected chi connectivity index (χ3v) is 4.20. The molecule has 0 saturated carbocycles. The first-order chi connectivity index (χ1) is 11.4. The van der Waals surface area contributed by atoms with Gasteiger partial charge in [-0.1, -0.05) is 24.3 Å². The SMILES string of the molecule is CC(C)(C)OC(=O)N1CCC(NCCc2ccc(CO)cc2)CC1. The highest BCUT2D eigenvalue weighted by atomic mass is 16.6. The molecule has 1 fully saturated rings. The van der Waals surface area contributed by atoms with E-state index in [9.17, 15) is 4.79 Å².